The molecule has 0 aliphatic carbocycles. The Labute approximate surface area is 680 Å². The molecule has 13 aromatic rings. The summed E-state index contributed by atoms with van der Waals surface area (Å²) in [6, 6.07) is 85.8. The molecule has 4 heterocycles. The van der Waals surface area contributed by atoms with Gasteiger partial charge < -0.3 is 30.3 Å². The number of hydrogen-bond acceptors (Lipinski definition) is 7. The van der Waals surface area contributed by atoms with Crippen LogP contribution in [0.3, 0.4) is 0 Å². The van der Waals surface area contributed by atoms with Crippen molar-refractivity contribution in [2.24, 2.45) is 10.8 Å². The Morgan fingerprint density at radius 2 is 0.868 bits per heavy atom. The summed E-state index contributed by atoms with van der Waals surface area (Å²) >= 11 is 0. The minimum Gasteiger partial charge on any atom is -0.512 e. The molecule has 10 nitrogen and oxygen atoms in total. The third-order valence-electron chi connectivity index (χ3n) is 15.8. The number of benzene rings is 9. The number of pyridine rings is 4. The molecule has 0 bridgehead atoms. The van der Waals surface area contributed by atoms with Gasteiger partial charge in [-0.3, -0.25) is 19.4 Å². The molecule has 0 aliphatic heterocycles. The van der Waals surface area contributed by atoms with Crippen molar-refractivity contribution in [3.8, 4) is 45.0 Å². The first-order valence-corrected chi connectivity index (χ1v) is 33.9. The molecule has 106 heavy (non-hydrogen) atoms. The minimum atomic E-state index is -0.306. The van der Waals surface area contributed by atoms with Crippen LogP contribution in [0.4, 0.5) is 0 Å². The van der Waals surface area contributed by atoms with Crippen LogP contribution in [0.1, 0.15) is 112 Å². The number of allylic oxidation sites excluding steroid dienone is 6. The molecule has 0 aliphatic rings. The van der Waals surface area contributed by atoms with E-state index < -0.39 is 0 Å². The van der Waals surface area contributed by atoms with Gasteiger partial charge in [0, 0.05) is 104 Å². The van der Waals surface area contributed by atoms with Crippen molar-refractivity contribution in [1.29, 1.82) is 0 Å². The Bertz CT molecular complexity index is 5050. The first kappa shape index (κ1) is 91.3. The molecule has 6 N–H and O–H groups in total. The van der Waals surface area contributed by atoms with E-state index in [0.717, 1.165) is 56.1 Å². The SMILES string of the molecule is CC(=[OH+])C=C(C)O.CC(=[OH+])C=C(C)O.CC(C)(C)C(=[OH+])C=C(O)C(C)(C)C.CC(C)(C)c1ccc2c(-c3[c-]cccc3)nccc2c1.Cc1[c-]c(-c2ccc3ccccc3n2)cc(C)c1.Cc1c[c-]c(-c2nccc3ccccc23)cc1.[Ir].[Ir].[Ir].[Ir].[c-]1ccccc1-c1nccc2c1ccc1ccccc12. The van der Waals surface area contributed by atoms with Gasteiger partial charge in [-0.25, -0.2) is 0 Å². The average Bonchev–Trinajstić information content (AvgIpc) is 0.765. The largest absolute Gasteiger partial charge is 0.512 e. The number of aromatic nitrogens is 4. The van der Waals surface area contributed by atoms with Gasteiger partial charge in [0.2, 0.25) is 0 Å². The zero-order chi connectivity index (χ0) is 74.3. The fourth-order valence-electron chi connectivity index (χ4n) is 10.5. The number of ketones is 3. The van der Waals surface area contributed by atoms with Gasteiger partial charge >= 0.3 is 17.3 Å². The summed E-state index contributed by atoms with van der Waals surface area (Å²) in [5, 5.41) is 37.3. The Morgan fingerprint density at radius 3 is 1.36 bits per heavy atom. The van der Waals surface area contributed by atoms with Gasteiger partial charge in [0.15, 0.2) is 0 Å². The molecule has 9 aromatic carbocycles. The minimum absolute atomic E-state index is 0. The molecule has 4 aromatic heterocycles. The van der Waals surface area contributed by atoms with Crippen molar-refractivity contribution in [3.05, 3.63) is 313 Å². The number of nitrogens with zero attached hydrogens (tertiary/aromatic N) is 4. The Balaban J connectivity index is 0.000000328. The molecule has 0 saturated heterocycles. The van der Waals surface area contributed by atoms with E-state index in [0.29, 0.717) is 0 Å². The average molecular weight is 2120 g/mol. The van der Waals surface area contributed by atoms with Crippen LogP contribution in [0, 0.1) is 55.9 Å². The van der Waals surface area contributed by atoms with Gasteiger partial charge in [0.1, 0.15) is 5.76 Å². The second-order valence-corrected chi connectivity index (χ2v) is 28.0. The number of rotatable bonds is 7. The van der Waals surface area contributed by atoms with Gasteiger partial charge in [0.05, 0.1) is 54.5 Å². The van der Waals surface area contributed by atoms with E-state index in [2.05, 4.69) is 214 Å². The van der Waals surface area contributed by atoms with E-state index in [1.165, 1.54) is 111 Å². The summed E-state index contributed by atoms with van der Waals surface area (Å²) in [5.41, 5.74) is 13.7. The van der Waals surface area contributed by atoms with Crippen molar-refractivity contribution in [2.45, 2.75) is 116 Å². The number of para-hydroxylation sites is 1. The van der Waals surface area contributed by atoms with Crippen molar-refractivity contribution in [3.63, 3.8) is 0 Å². The van der Waals surface area contributed by atoms with Crippen LogP contribution in [0.15, 0.2) is 266 Å². The van der Waals surface area contributed by atoms with Crippen LogP contribution in [0.2, 0.25) is 0 Å². The first-order chi connectivity index (χ1) is 48.4. The molecular weight excluding hydrogens is 2030 g/mol. The fraction of sp³-hybridized carbons (Fsp3) is 0.207. The number of hydrogen-bond donors (Lipinski definition) is 3. The Kier molecular flexibility index (Phi) is 37.1. The molecule has 0 saturated carbocycles. The fourth-order valence-corrected chi connectivity index (χ4v) is 10.5. The van der Waals surface area contributed by atoms with Crippen LogP contribution in [0.25, 0.3) is 99.0 Å². The van der Waals surface area contributed by atoms with E-state index in [4.69, 9.17) is 24.8 Å². The molecule has 4 radical (unpaired) electrons. The third kappa shape index (κ3) is 28.1. The molecule has 13 rings (SSSR count). The van der Waals surface area contributed by atoms with Gasteiger partial charge in [-0.2, -0.15) is 0 Å². The molecule has 0 amide bonds. The third-order valence-corrected chi connectivity index (χ3v) is 15.8. The quantitative estimate of drug-likeness (QED) is 0.0467. The van der Waals surface area contributed by atoms with Gasteiger partial charge in [-0.1, -0.05) is 172 Å². The number of aryl methyl sites for hydroxylation is 3. The maximum absolute atomic E-state index is 9.60. The number of fused-ring (bicyclic) bond motifs is 6. The number of carbonyl (C=O) groups excluding carboxylic acids is 3. The van der Waals surface area contributed by atoms with Gasteiger partial charge in [0.25, 0.3) is 0 Å². The topological polar surface area (TPSA) is 176 Å². The van der Waals surface area contributed by atoms with Crippen molar-refractivity contribution in [1.82, 2.24) is 19.9 Å². The molecule has 0 spiro atoms. The second kappa shape index (κ2) is 43.0. The van der Waals surface area contributed by atoms with Crippen molar-refractivity contribution < 1.29 is 110 Å². The molecule has 0 atom stereocenters. The van der Waals surface area contributed by atoms with Crippen LogP contribution in [-0.4, -0.2) is 67.0 Å². The molecule has 0 fully saturated rings. The van der Waals surface area contributed by atoms with Crippen LogP contribution < -0.4 is 0 Å². The van der Waals surface area contributed by atoms with Crippen LogP contribution in [-0.2, 0) is 85.8 Å². The predicted molar refractivity (Wildman–Crippen MR) is 429 cm³/mol. The summed E-state index contributed by atoms with van der Waals surface area (Å²) in [7, 11) is 0. The first-order valence-electron chi connectivity index (χ1n) is 33.9. The smallest absolute Gasteiger partial charge is 0.325 e. The van der Waals surface area contributed by atoms with Gasteiger partial charge in [-0.05, 0) is 141 Å². The second-order valence-electron chi connectivity index (χ2n) is 28.0. The summed E-state index contributed by atoms with van der Waals surface area (Å²) < 4.78 is 0. The number of aliphatic hydroxyl groups is 3. The zero-order valence-electron chi connectivity index (χ0n) is 63.0. The van der Waals surface area contributed by atoms with E-state index in [9.17, 15) is 9.90 Å². The zero-order valence-corrected chi connectivity index (χ0v) is 72.6. The van der Waals surface area contributed by atoms with E-state index in [1.807, 2.05) is 139 Å². The van der Waals surface area contributed by atoms with E-state index in [-0.39, 0.29) is 131 Å². The van der Waals surface area contributed by atoms with Crippen molar-refractivity contribution >= 4 is 71.3 Å². The van der Waals surface area contributed by atoms with Crippen molar-refractivity contribution in [2.75, 3.05) is 0 Å². The molecular formula is C92H95Ir4N4O6-. The maximum atomic E-state index is 9.60. The standard InChI is InChI=1S/C19H12N.C19H18N.C17H14N.C16H12N.C11H20O2.2C5H8O2.4Ir/c1-2-7-15(8-3-1)19-18-11-10-14-6-4-5-9-16(14)17(18)12-13-20-19;1-19(2,3)16-9-10-17-15(13-16)11-12-20-18(17)14-7-5-4-6-8-14;1-12-9-13(2)11-15(10-12)17-8-7-14-5-3-4-6-16(14)18-17;1-12-6-8-14(9-7-12)16-15-5-3-2-4-13(15)10-11-17-16;1-10(2,3)8(12)7-9(13)11(4,5)6;2*1-4(6)3-5(2)7;;;;/h1-7,9-13H;4-7,9-13H,1-3H3;3-10H,1-2H3;2-8,10-11H,1H3;7,12H,1-6H3;2*3,6H,1-2H3;;;;/q4*-1;;;;;;;/p+3. The van der Waals surface area contributed by atoms with E-state index >= 15 is 0 Å². The maximum Gasteiger partial charge on any atom is 0.325 e. The number of aliphatic hydroxyl groups excluding tert-OH is 3. The molecule has 0 unspecified atom stereocenters. The Morgan fingerprint density at radius 1 is 0.396 bits per heavy atom. The summed E-state index contributed by atoms with van der Waals surface area (Å²) in [4.78, 5) is 44.7. The van der Waals surface area contributed by atoms with Crippen LogP contribution >= 0.6 is 0 Å². The van der Waals surface area contributed by atoms with E-state index in [1.54, 1.807) is 0 Å². The normalized spacial score (nSPS) is 11.1. The Hall–Kier alpha value is -8.89. The van der Waals surface area contributed by atoms with Crippen LogP contribution in [0.5, 0.6) is 0 Å². The summed E-state index contributed by atoms with van der Waals surface area (Å²) in [6.07, 6.45) is 9.61. The predicted octanol–water partition coefficient (Wildman–Crippen LogP) is 23.3. The summed E-state index contributed by atoms with van der Waals surface area (Å²) in [6.45, 7) is 30.3. The molecule has 14 heteroatoms. The summed E-state index contributed by atoms with van der Waals surface area (Å²) in [5.74, 6) is 0.917. The monoisotopic (exact) mass is 2120 g/mol. The van der Waals surface area contributed by atoms with Gasteiger partial charge in [-0.15, -0.1) is 142 Å². The molecule has 556 valence electrons.